The van der Waals surface area contributed by atoms with Crippen LogP contribution in [0.5, 0.6) is 0 Å². The topological polar surface area (TPSA) is 54.5 Å². The third kappa shape index (κ3) is 2.30. The summed E-state index contributed by atoms with van der Waals surface area (Å²) in [6.07, 6.45) is 2.51. The number of hydrogen-bond donors (Lipinski definition) is 0. The van der Waals surface area contributed by atoms with Crippen LogP contribution in [-0.2, 0) is 16.1 Å². The van der Waals surface area contributed by atoms with Crippen LogP contribution in [0.1, 0.15) is 22.8 Å². The number of ketones is 1. The predicted octanol–water partition coefficient (Wildman–Crippen LogP) is 1.31. The van der Waals surface area contributed by atoms with Crippen LogP contribution in [-0.4, -0.2) is 22.5 Å². The summed E-state index contributed by atoms with van der Waals surface area (Å²) in [7, 11) is 0. The molecule has 86 valence electrons. The lowest BCUT2D eigenvalue weighted by molar-refractivity contribution is -0.137. The summed E-state index contributed by atoms with van der Waals surface area (Å²) in [6.45, 7) is 1.73. The molecule has 0 spiro atoms. The van der Waals surface area contributed by atoms with Crippen LogP contribution in [0.15, 0.2) is 36.4 Å². The highest BCUT2D eigenvalue weighted by atomic mass is 16.2. The Balaban J connectivity index is 2.12. The molecule has 0 atom stereocenters. The Labute approximate surface area is 98.5 Å². The van der Waals surface area contributed by atoms with Crippen LogP contribution < -0.4 is 0 Å². The number of Topliss-reactive ketones (excluding diaryl/α,β-unsaturated/α-hetero) is 1. The van der Waals surface area contributed by atoms with Gasteiger partial charge in [0.05, 0.1) is 6.54 Å². The minimum atomic E-state index is -0.300. The van der Waals surface area contributed by atoms with Gasteiger partial charge in [0, 0.05) is 17.7 Å². The van der Waals surface area contributed by atoms with Crippen molar-refractivity contribution < 1.29 is 14.4 Å². The number of amides is 2. The largest absolute Gasteiger partial charge is 0.295 e. The van der Waals surface area contributed by atoms with Crippen molar-refractivity contribution in [1.82, 2.24) is 4.90 Å². The van der Waals surface area contributed by atoms with Gasteiger partial charge in [-0.3, -0.25) is 19.3 Å². The first kappa shape index (κ1) is 11.3. The van der Waals surface area contributed by atoms with Crippen LogP contribution in [0, 0.1) is 0 Å². The van der Waals surface area contributed by atoms with Crippen molar-refractivity contribution in [2.24, 2.45) is 0 Å². The standard InChI is InChI=1S/C13H11NO3/c1-9(15)11-4-2-10(3-5-11)8-14-12(16)6-7-13(14)17/h2-7H,8H2,1H3. The molecule has 17 heavy (non-hydrogen) atoms. The van der Waals surface area contributed by atoms with E-state index in [0.717, 1.165) is 10.5 Å². The molecule has 0 saturated carbocycles. The summed E-state index contributed by atoms with van der Waals surface area (Å²) in [5, 5.41) is 0. The lowest BCUT2D eigenvalue weighted by atomic mass is 10.1. The summed E-state index contributed by atoms with van der Waals surface area (Å²) >= 11 is 0. The summed E-state index contributed by atoms with van der Waals surface area (Å²) in [5.74, 6) is -0.608. The smallest absolute Gasteiger partial charge is 0.253 e. The molecule has 0 bridgehead atoms. The lowest BCUT2D eigenvalue weighted by Crippen LogP contribution is -2.29. The summed E-state index contributed by atoms with van der Waals surface area (Å²) in [4.78, 5) is 34.9. The Morgan fingerprint density at radius 2 is 1.59 bits per heavy atom. The Kier molecular flexibility index (Phi) is 2.87. The van der Waals surface area contributed by atoms with Crippen molar-refractivity contribution in [2.75, 3.05) is 0 Å². The number of hydrogen-bond acceptors (Lipinski definition) is 3. The van der Waals surface area contributed by atoms with Gasteiger partial charge in [0.15, 0.2) is 5.78 Å². The molecule has 0 saturated heterocycles. The van der Waals surface area contributed by atoms with E-state index in [9.17, 15) is 14.4 Å². The molecule has 1 heterocycles. The predicted molar refractivity (Wildman–Crippen MR) is 61.1 cm³/mol. The lowest BCUT2D eigenvalue weighted by Gasteiger charge is -2.13. The normalized spacial score (nSPS) is 14.5. The van der Waals surface area contributed by atoms with Gasteiger partial charge in [0.1, 0.15) is 0 Å². The SMILES string of the molecule is CC(=O)c1ccc(CN2C(=O)C=CC2=O)cc1. The molecule has 1 aromatic carbocycles. The van der Waals surface area contributed by atoms with Crippen molar-refractivity contribution in [1.29, 1.82) is 0 Å². The van der Waals surface area contributed by atoms with Gasteiger partial charge in [-0.1, -0.05) is 24.3 Å². The number of nitrogens with zero attached hydrogens (tertiary/aromatic N) is 1. The summed E-state index contributed by atoms with van der Waals surface area (Å²) < 4.78 is 0. The van der Waals surface area contributed by atoms with E-state index in [-0.39, 0.29) is 24.1 Å². The van der Waals surface area contributed by atoms with E-state index < -0.39 is 0 Å². The highest BCUT2D eigenvalue weighted by Gasteiger charge is 2.23. The second-order valence-electron chi connectivity index (χ2n) is 3.85. The molecule has 0 aliphatic carbocycles. The first-order valence-electron chi connectivity index (χ1n) is 5.21. The van der Waals surface area contributed by atoms with E-state index in [4.69, 9.17) is 0 Å². The van der Waals surface area contributed by atoms with Gasteiger partial charge in [-0.2, -0.15) is 0 Å². The van der Waals surface area contributed by atoms with E-state index in [1.807, 2.05) is 0 Å². The van der Waals surface area contributed by atoms with Crippen molar-refractivity contribution in [3.63, 3.8) is 0 Å². The fourth-order valence-corrected chi connectivity index (χ4v) is 1.61. The minimum absolute atomic E-state index is 0.00783. The molecule has 0 aromatic heterocycles. The molecule has 4 nitrogen and oxygen atoms in total. The van der Waals surface area contributed by atoms with E-state index in [0.29, 0.717) is 5.56 Å². The molecular formula is C13H11NO3. The molecule has 1 aliphatic rings. The van der Waals surface area contributed by atoms with Crippen molar-refractivity contribution in [2.45, 2.75) is 13.5 Å². The molecule has 0 fully saturated rings. The fraction of sp³-hybridized carbons (Fsp3) is 0.154. The van der Waals surface area contributed by atoms with Gasteiger partial charge in [0.25, 0.3) is 11.8 Å². The number of carbonyl (C=O) groups excluding carboxylic acids is 3. The number of carbonyl (C=O) groups is 3. The van der Waals surface area contributed by atoms with Gasteiger partial charge in [-0.25, -0.2) is 0 Å². The third-order valence-corrected chi connectivity index (χ3v) is 2.60. The molecule has 0 unspecified atom stereocenters. The van der Waals surface area contributed by atoms with Crippen molar-refractivity contribution in [3.05, 3.63) is 47.5 Å². The third-order valence-electron chi connectivity index (χ3n) is 2.60. The average molecular weight is 229 g/mol. The summed E-state index contributed by atoms with van der Waals surface area (Å²) in [6, 6.07) is 6.87. The van der Waals surface area contributed by atoms with E-state index >= 15 is 0 Å². The quantitative estimate of drug-likeness (QED) is 0.580. The second-order valence-corrected chi connectivity index (χ2v) is 3.85. The second kappa shape index (κ2) is 4.33. The maximum absolute atomic E-state index is 11.3. The molecule has 2 rings (SSSR count). The highest BCUT2D eigenvalue weighted by Crippen LogP contribution is 2.12. The van der Waals surface area contributed by atoms with Gasteiger partial charge in [0.2, 0.25) is 0 Å². The molecule has 1 aliphatic heterocycles. The molecule has 0 radical (unpaired) electrons. The Bertz CT molecular complexity index is 496. The number of rotatable bonds is 3. The van der Waals surface area contributed by atoms with Crippen LogP contribution >= 0.6 is 0 Å². The zero-order valence-electron chi connectivity index (χ0n) is 9.34. The van der Waals surface area contributed by atoms with E-state index in [2.05, 4.69) is 0 Å². The van der Waals surface area contributed by atoms with Crippen LogP contribution in [0.4, 0.5) is 0 Å². The van der Waals surface area contributed by atoms with E-state index in [1.54, 1.807) is 24.3 Å². The van der Waals surface area contributed by atoms with Crippen molar-refractivity contribution >= 4 is 17.6 Å². The van der Waals surface area contributed by atoms with Gasteiger partial charge in [-0.15, -0.1) is 0 Å². The van der Waals surface area contributed by atoms with Crippen LogP contribution in [0.3, 0.4) is 0 Å². The average Bonchev–Trinajstić information content (AvgIpc) is 2.61. The zero-order valence-corrected chi connectivity index (χ0v) is 9.34. The fourth-order valence-electron chi connectivity index (χ4n) is 1.61. The Hall–Kier alpha value is -2.23. The first-order chi connectivity index (χ1) is 8.08. The monoisotopic (exact) mass is 229 g/mol. The van der Waals surface area contributed by atoms with Gasteiger partial charge < -0.3 is 0 Å². The molecule has 0 N–H and O–H groups in total. The van der Waals surface area contributed by atoms with Crippen LogP contribution in [0.2, 0.25) is 0 Å². The van der Waals surface area contributed by atoms with Crippen LogP contribution in [0.25, 0.3) is 0 Å². The number of benzene rings is 1. The summed E-state index contributed by atoms with van der Waals surface area (Å²) in [5.41, 5.74) is 1.44. The maximum Gasteiger partial charge on any atom is 0.253 e. The highest BCUT2D eigenvalue weighted by molar-refractivity contribution is 6.12. The molecule has 1 aromatic rings. The molecule has 4 heteroatoms. The minimum Gasteiger partial charge on any atom is -0.295 e. The first-order valence-corrected chi connectivity index (χ1v) is 5.21. The maximum atomic E-state index is 11.3. The Morgan fingerprint density at radius 3 is 2.06 bits per heavy atom. The number of imide groups is 1. The van der Waals surface area contributed by atoms with Gasteiger partial charge in [-0.05, 0) is 12.5 Å². The Morgan fingerprint density at radius 1 is 1.06 bits per heavy atom. The van der Waals surface area contributed by atoms with E-state index in [1.165, 1.54) is 19.1 Å². The molecule has 2 amide bonds. The molecular weight excluding hydrogens is 218 g/mol. The van der Waals surface area contributed by atoms with Crippen molar-refractivity contribution in [3.8, 4) is 0 Å². The van der Waals surface area contributed by atoms with Gasteiger partial charge >= 0.3 is 0 Å². The zero-order chi connectivity index (χ0) is 12.4.